The summed E-state index contributed by atoms with van der Waals surface area (Å²) in [6.45, 7) is 4.55. The third-order valence-corrected chi connectivity index (χ3v) is 2.47. The Bertz CT molecular complexity index is 488. The summed E-state index contributed by atoms with van der Waals surface area (Å²) in [7, 11) is 0. The second kappa shape index (κ2) is 3.55. The maximum Gasteiger partial charge on any atom is 0.116 e. The number of hydrogen-bond acceptors (Lipinski definition) is 3. The fourth-order valence-corrected chi connectivity index (χ4v) is 1.77. The Kier molecular flexibility index (Phi) is 2.36. The minimum Gasteiger partial charge on any atom is -0.508 e. The van der Waals surface area contributed by atoms with Crippen molar-refractivity contribution in [3.63, 3.8) is 0 Å². The van der Waals surface area contributed by atoms with Gasteiger partial charge in [0.1, 0.15) is 5.75 Å². The summed E-state index contributed by atoms with van der Waals surface area (Å²) < 4.78 is 1.91. The van der Waals surface area contributed by atoms with E-state index >= 15 is 0 Å². The van der Waals surface area contributed by atoms with Gasteiger partial charge in [0.2, 0.25) is 0 Å². The van der Waals surface area contributed by atoms with Crippen LogP contribution in [0.4, 0.5) is 0 Å². The lowest BCUT2D eigenvalue weighted by Crippen LogP contribution is -2.10. The van der Waals surface area contributed by atoms with Crippen LogP contribution in [0.5, 0.6) is 5.75 Å². The minimum absolute atomic E-state index is 0.250. The van der Waals surface area contributed by atoms with Crippen molar-refractivity contribution in [2.24, 2.45) is 5.73 Å². The highest BCUT2D eigenvalue weighted by atomic mass is 16.3. The fourth-order valence-electron chi connectivity index (χ4n) is 1.77. The molecule has 0 spiro atoms. The first-order valence-corrected chi connectivity index (χ1v) is 5.03. The van der Waals surface area contributed by atoms with Crippen LogP contribution in [0.25, 0.3) is 10.9 Å². The molecule has 3 N–H and O–H groups in total. The first-order chi connectivity index (χ1) is 7.13. The second-order valence-corrected chi connectivity index (χ2v) is 3.89. The highest BCUT2D eigenvalue weighted by Crippen LogP contribution is 2.24. The molecule has 2 aromatic rings. The molecule has 2 rings (SSSR count). The Morgan fingerprint density at radius 3 is 2.80 bits per heavy atom. The van der Waals surface area contributed by atoms with Crippen LogP contribution >= 0.6 is 0 Å². The number of fused-ring (bicyclic) bond motifs is 1. The third kappa shape index (κ3) is 1.57. The van der Waals surface area contributed by atoms with Crippen LogP contribution in [0.3, 0.4) is 0 Å². The van der Waals surface area contributed by atoms with Crippen molar-refractivity contribution in [3.05, 3.63) is 23.9 Å². The molecular formula is C11H15N3O. The van der Waals surface area contributed by atoms with E-state index in [9.17, 15) is 5.11 Å². The maximum atomic E-state index is 9.42. The lowest BCUT2D eigenvalue weighted by molar-refractivity contribution is 0.476. The normalized spacial score (nSPS) is 11.5. The van der Waals surface area contributed by atoms with Crippen LogP contribution in [0.1, 0.15) is 25.6 Å². The standard InChI is InChI=1S/C11H15N3O/c1-7(2)14-11(6-12)9-5-8(15)3-4-10(9)13-14/h3-5,7,15H,6,12H2,1-2H3. The molecule has 0 saturated carbocycles. The fraction of sp³-hybridized carbons (Fsp3) is 0.364. The van der Waals surface area contributed by atoms with Gasteiger partial charge in [0.25, 0.3) is 0 Å². The van der Waals surface area contributed by atoms with Gasteiger partial charge in [-0.1, -0.05) is 0 Å². The molecule has 1 aromatic carbocycles. The predicted octanol–water partition coefficient (Wildman–Crippen LogP) is 1.78. The number of aromatic nitrogens is 2. The molecule has 4 heteroatoms. The number of aromatic hydroxyl groups is 1. The number of benzene rings is 1. The topological polar surface area (TPSA) is 64.1 Å². The summed E-state index contributed by atoms with van der Waals surface area (Å²) in [5, 5.41) is 14.8. The summed E-state index contributed by atoms with van der Waals surface area (Å²) >= 11 is 0. The smallest absolute Gasteiger partial charge is 0.116 e. The van der Waals surface area contributed by atoms with Crippen LogP contribution in [0, 0.1) is 0 Å². The van der Waals surface area contributed by atoms with Crippen molar-refractivity contribution in [1.82, 2.24) is 9.78 Å². The lowest BCUT2D eigenvalue weighted by Gasteiger charge is -2.08. The van der Waals surface area contributed by atoms with Crippen molar-refractivity contribution in [3.8, 4) is 5.75 Å². The molecule has 4 nitrogen and oxygen atoms in total. The van der Waals surface area contributed by atoms with Gasteiger partial charge < -0.3 is 10.8 Å². The highest BCUT2D eigenvalue weighted by molar-refractivity contribution is 5.83. The van der Waals surface area contributed by atoms with Gasteiger partial charge in [-0.15, -0.1) is 0 Å². The Labute approximate surface area is 88.3 Å². The number of phenols is 1. The van der Waals surface area contributed by atoms with E-state index in [1.165, 1.54) is 0 Å². The number of rotatable bonds is 2. The van der Waals surface area contributed by atoms with Gasteiger partial charge in [0.15, 0.2) is 0 Å². The molecular weight excluding hydrogens is 190 g/mol. The van der Waals surface area contributed by atoms with Gasteiger partial charge in [-0.05, 0) is 32.0 Å². The van der Waals surface area contributed by atoms with Crippen molar-refractivity contribution in [2.75, 3.05) is 0 Å². The zero-order chi connectivity index (χ0) is 11.0. The van der Waals surface area contributed by atoms with Gasteiger partial charge in [0, 0.05) is 18.0 Å². The first-order valence-electron chi connectivity index (χ1n) is 5.03. The molecule has 0 saturated heterocycles. The molecule has 0 aliphatic heterocycles. The molecule has 0 bridgehead atoms. The molecule has 1 aromatic heterocycles. The largest absolute Gasteiger partial charge is 0.508 e. The summed E-state index contributed by atoms with van der Waals surface area (Å²) in [6, 6.07) is 5.44. The van der Waals surface area contributed by atoms with E-state index in [4.69, 9.17) is 5.73 Å². The van der Waals surface area contributed by atoms with Crippen molar-refractivity contribution in [1.29, 1.82) is 0 Å². The quantitative estimate of drug-likeness (QED) is 0.785. The average Bonchev–Trinajstić information content (AvgIpc) is 2.55. The number of phenolic OH excluding ortho intramolecular Hbond substituents is 1. The molecule has 1 heterocycles. The maximum absolute atomic E-state index is 9.42. The van der Waals surface area contributed by atoms with E-state index in [1.54, 1.807) is 12.1 Å². The molecule has 0 fully saturated rings. The SMILES string of the molecule is CC(C)n1nc2ccc(O)cc2c1CN. The van der Waals surface area contributed by atoms with Crippen molar-refractivity contribution < 1.29 is 5.11 Å². The number of nitrogens with two attached hydrogens (primary N) is 1. The Balaban J connectivity index is 2.74. The summed E-state index contributed by atoms with van der Waals surface area (Å²) in [6.07, 6.45) is 0. The van der Waals surface area contributed by atoms with Gasteiger partial charge in [-0.25, -0.2) is 0 Å². The molecule has 0 radical (unpaired) electrons. The second-order valence-electron chi connectivity index (χ2n) is 3.89. The van der Waals surface area contributed by atoms with Crippen LogP contribution in [-0.4, -0.2) is 14.9 Å². The molecule has 0 unspecified atom stereocenters. The summed E-state index contributed by atoms with van der Waals surface area (Å²) in [4.78, 5) is 0. The molecule has 0 aliphatic carbocycles. The molecule has 0 aliphatic rings. The lowest BCUT2D eigenvalue weighted by atomic mass is 10.2. The third-order valence-electron chi connectivity index (χ3n) is 2.47. The van der Waals surface area contributed by atoms with E-state index in [1.807, 2.05) is 10.7 Å². The van der Waals surface area contributed by atoms with Gasteiger partial charge >= 0.3 is 0 Å². The Morgan fingerprint density at radius 1 is 1.47 bits per heavy atom. The van der Waals surface area contributed by atoms with Gasteiger partial charge in [-0.2, -0.15) is 5.10 Å². The van der Waals surface area contributed by atoms with E-state index in [0.717, 1.165) is 16.6 Å². The predicted molar refractivity (Wildman–Crippen MR) is 59.7 cm³/mol. The first kappa shape index (κ1) is 9.98. The van der Waals surface area contributed by atoms with Crippen LogP contribution in [-0.2, 0) is 6.54 Å². The number of hydrogen-bond donors (Lipinski definition) is 2. The van der Waals surface area contributed by atoms with Crippen LogP contribution in [0.15, 0.2) is 18.2 Å². The van der Waals surface area contributed by atoms with Gasteiger partial charge in [0.05, 0.1) is 11.2 Å². The number of nitrogens with zero attached hydrogens (tertiary/aromatic N) is 2. The molecule has 15 heavy (non-hydrogen) atoms. The summed E-state index contributed by atoms with van der Waals surface area (Å²) in [5.41, 5.74) is 7.55. The molecule has 0 amide bonds. The van der Waals surface area contributed by atoms with E-state index in [0.29, 0.717) is 6.54 Å². The van der Waals surface area contributed by atoms with Crippen molar-refractivity contribution >= 4 is 10.9 Å². The van der Waals surface area contributed by atoms with Gasteiger partial charge in [-0.3, -0.25) is 4.68 Å². The van der Waals surface area contributed by atoms with Crippen molar-refractivity contribution in [2.45, 2.75) is 26.4 Å². The minimum atomic E-state index is 0.250. The molecule has 80 valence electrons. The van der Waals surface area contributed by atoms with E-state index in [-0.39, 0.29) is 11.8 Å². The zero-order valence-electron chi connectivity index (χ0n) is 8.94. The van der Waals surface area contributed by atoms with Crippen LogP contribution < -0.4 is 5.73 Å². The average molecular weight is 205 g/mol. The van der Waals surface area contributed by atoms with E-state index in [2.05, 4.69) is 18.9 Å². The summed E-state index contributed by atoms with van der Waals surface area (Å²) in [5.74, 6) is 0.250. The highest BCUT2D eigenvalue weighted by Gasteiger charge is 2.12. The Morgan fingerprint density at radius 2 is 2.20 bits per heavy atom. The Hall–Kier alpha value is -1.55. The molecule has 0 atom stereocenters. The van der Waals surface area contributed by atoms with E-state index < -0.39 is 0 Å². The van der Waals surface area contributed by atoms with Crippen LogP contribution in [0.2, 0.25) is 0 Å². The zero-order valence-corrected chi connectivity index (χ0v) is 8.94. The monoisotopic (exact) mass is 205 g/mol.